The number of carbonyl (C=O) groups excluding carboxylic acids is 2. The smallest absolute Gasteiger partial charge is 0.412 e. The van der Waals surface area contributed by atoms with Crippen LogP contribution >= 0.6 is 0 Å². The molecule has 0 aliphatic heterocycles. The van der Waals surface area contributed by atoms with Crippen LogP contribution in [-0.2, 0) is 19.0 Å². The van der Waals surface area contributed by atoms with E-state index in [0.717, 1.165) is 6.42 Å². The summed E-state index contributed by atoms with van der Waals surface area (Å²) in [6.07, 6.45) is 0.148. The van der Waals surface area contributed by atoms with Crippen LogP contribution < -0.4 is 0 Å². The molecule has 0 unspecified atom stereocenters. The molecular weight excluding hydrogens is 274 g/mol. The van der Waals surface area contributed by atoms with Gasteiger partial charge in [-0.2, -0.15) is 0 Å². The normalized spacial score (nSPS) is 14.2. The van der Waals surface area contributed by atoms with Gasteiger partial charge in [0.15, 0.2) is 0 Å². The zero-order chi connectivity index (χ0) is 16.6. The van der Waals surface area contributed by atoms with Crippen molar-refractivity contribution in [1.29, 1.82) is 0 Å². The van der Waals surface area contributed by atoms with Crippen molar-refractivity contribution >= 4 is 12.1 Å². The van der Waals surface area contributed by atoms with Crippen molar-refractivity contribution in [2.24, 2.45) is 5.92 Å². The van der Waals surface area contributed by atoms with Crippen molar-refractivity contribution in [1.82, 2.24) is 4.90 Å². The third kappa shape index (κ3) is 6.80. The average molecular weight is 303 g/mol. The van der Waals surface area contributed by atoms with E-state index >= 15 is 0 Å². The van der Waals surface area contributed by atoms with E-state index in [-0.39, 0.29) is 19.3 Å². The molecule has 6 heteroatoms. The maximum Gasteiger partial charge on any atom is 0.412 e. The summed E-state index contributed by atoms with van der Waals surface area (Å²) in [6.45, 7) is 11.2. The summed E-state index contributed by atoms with van der Waals surface area (Å²) in [7, 11) is 1.47. The minimum Gasteiger partial charge on any atom is -0.464 e. The van der Waals surface area contributed by atoms with Gasteiger partial charge in [-0.1, -0.05) is 20.3 Å². The third-order valence-corrected chi connectivity index (χ3v) is 2.94. The first-order chi connectivity index (χ1) is 9.67. The Morgan fingerprint density at radius 3 is 2.14 bits per heavy atom. The Balaban J connectivity index is 5.30. The number of carbonyl (C=O) groups is 2. The van der Waals surface area contributed by atoms with Gasteiger partial charge in [0.2, 0.25) is 0 Å². The van der Waals surface area contributed by atoms with Crippen molar-refractivity contribution < 1.29 is 23.8 Å². The van der Waals surface area contributed by atoms with Crippen LogP contribution in [0.25, 0.3) is 0 Å². The number of ether oxygens (including phenoxy) is 3. The molecule has 1 amide bonds. The van der Waals surface area contributed by atoms with Gasteiger partial charge >= 0.3 is 12.1 Å². The summed E-state index contributed by atoms with van der Waals surface area (Å²) in [5.41, 5.74) is -0.641. The highest BCUT2D eigenvalue weighted by Gasteiger charge is 2.37. The monoisotopic (exact) mass is 303 g/mol. The Hall–Kier alpha value is -1.30. The van der Waals surface area contributed by atoms with Crippen molar-refractivity contribution in [3.05, 3.63) is 0 Å². The van der Waals surface area contributed by atoms with Gasteiger partial charge < -0.3 is 14.2 Å². The van der Waals surface area contributed by atoms with Crippen LogP contribution in [0.2, 0.25) is 0 Å². The van der Waals surface area contributed by atoms with Gasteiger partial charge in [0.25, 0.3) is 0 Å². The fourth-order valence-corrected chi connectivity index (χ4v) is 1.82. The number of esters is 1. The third-order valence-electron chi connectivity index (χ3n) is 2.94. The maximum absolute atomic E-state index is 12.3. The predicted molar refractivity (Wildman–Crippen MR) is 79.8 cm³/mol. The zero-order valence-electron chi connectivity index (χ0n) is 14.3. The van der Waals surface area contributed by atoms with E-state index in [2.05, 4.69) is 0 Å². The number of nitrogens with zero attached hydrogens (tertiary/aromatic N) is 1. The number of rotatable bonds is 7. The van der Waals surface area contributed by atoms with Crippen LogP contribution in [0.15, 0.2) is 0 Å². The first-order valence-electron chi connectivity index (χ1n) is 7.33. The Labute approximate surface area is 127 Å². The van der Waals surface area contributed by atoms with Crippen LogP contribution in [0, 0.1) is 5.92 Å². The molecule has 21 heavy (non-hydrogen) atoms. The summed E-state index contributed by atoms with van der Waals surface area (Å²) in [4.78, 5) is 25.8. The van der Waals surface area contributed by atoms with E-state index < -0.39 is 23.7 Å². The fourth-order valence-electron chi connectivity index (χ4n) is 1.82. The second kappa shape index (κ2) is 8.87. The lowest BCUT2D eigenvalue weighted by Gasteiger charge is -2.34. The molecule has 0 saturated carbocycles. The zero-order valence-corrected chi connectivity index (χ0v) is 14.3. The molecular formula is C15H29NO5. The molecule has 0 spiro atoms. The maximum atomic E-state index is 12.3. The molecule has 0 rings (SSSR count). The van der Waals surface area contributed by atoms with Crippen molar-refractivity contribution in [2.75, 3.05) is 20.4 Å². The van der Waals surface area contributed by atoms with Gasteiger partial charge in [-0.05, 0) is 33.6 Å². The van der Waals surface area contributed by atoms with Crippen LogP contribution in [-0.4, -0.2) is 49.1 Å². The summed E-state index contributed by atoms with van der Waals surface area (Å²) >= 11 is 0. The van der Waals surface area contributed by atoms with E-state index in [4.69, 9.17) is 14.2 Å². The molecule has 0 bridgehead atoms. The van der Waals surface area contributed by atoms with Crippen LogP contribution in [0.5, 0.6) is 0 Å². The molecule has 0 aromatic carbocycles. The van der Waals surface area contributed by atoms with E-state index in [1.807, 2.05) is 13.8 Å². The van der Waals surface area contributed by atoms with Gasteiger partial charge in [-0.3, -0.25) is 4.90 Å². The average Bonchev–Trinajstić information content (AvgIpc) is 2.36. The number of amides is 1. The minimum atomic E-state index is -0.718. The van der Waals surface area contributed by atoms with E-state index in [1.165, 1.54) is 12.0 Å². The van der Waals surface area contributed by atoms with Crippen molar-refractivity contribution in [3.63, 3.8) is 0 Å². The highest BCUT2D eigenvalue weighted by molar-refractivity contribution is 5.81. The van der Waals surface area contributed by atoms with Crippen LogP contribution in [0.1, 0.15) is 48.0 Å². The highest BCUT2D eigenvalue weighted by atomic mass is 16.6. The molecule has 0 radical (unpaired) electrons. The highest BCUT2D eigenvalue weighted by Crippen LogP contribution is 2.20. The lowest BCUT2D eigenvalue weighted by atomic mass is 9.98. The van der Waals surface area contributed by atoms with Gasteiger partial charge in [0, 0.05) is 7.11 Å². The van der Waals surface area contributed by atoms with E-state index in [0.29, 0.717) is 0 Å². The number of hydrogen-bond donors (Lipinski definition) is 0. The molecule has 124 valence electrons. The van der Waals surface area contributed by atoms with Gasteiger partial charge in [-0.25, -0.2) is 9.59 Å². The molecule has 0 saturated heterocycles. The second-order valence-corrected chi connectivity index (χ2v) is 5.95. The van der Waals surface area contributed by atoms with Gasteiger partial charge in [0.1, 0.15) is 18.4 Å². The van der Waals surface area contributed by atoms with Crippen molar-refractivity contribution in [2.45, 2.75) is 59.6 Å². The Bertz CT molecular complexity index is 337. The molecule has 0 aliphatic rings. The lowest BCUT2D eigenvalue weighted by Crippen LogP contribution is -2.51. The molecule has 0 heterocycles. The molecule has 0 fully saturated rings. The van der Waals surface area contributed by atoms with Crippen molar-refractivity contribution in [3.8, 4) is 0 Å². The predicted octanol–water partition coefficient (Wildman–Crippen LogP) is 2.81. The minimum absolute atomic E-state index is 0.0251. The molecule has 0 N–H and O–H groups in total. The summed E-state index contributed by atoms with van der Waals surface area (Å²) in [6, 6.07) is -0.718. The van der Waals surface area contributed by atoms with Crippen LogP contribution in [0.3, 0.4) is 0 Å². The number of methoxy groups -OCH3 is 1. The molecule has 0 aromatic rings. The Morgan fingerprint density at radius 2 is 1.76 bits per heavy atom. The number of hydrogen-bond acceptors (Lipinski definition) is 5. The first kappa shape index (κ1) is 19.7. The second-order valence-electron chi connectivity index (χ2n) is 5.95. The van der Waals surface area contributed by atoms with Crippen LogP contribution in [0.4, 0.5) is 4.79 Å². The summed E-state index contributed by atoms with van der Waals surface area (Å²) < 4.78 is 15.5. The molecule has 2 atom stereocenters. The molecule has 0 aromatic heterocycles. The summed E-state index contributed by atoms with van der Waals surface area (Å²) in [5.74, 6) is -0.499. The van der Waals surface area contributed by atoms with Gasteiger partial charge in [-0.15, -0.1) is 0 Å². The topological polar surface area (TPSA) is 65.1 Å². The van der Waals surface area contributed by atoms with E-state index in [1.54, 1.807) is 27.7 Å². The lowest BCUT2D eigenvalue weighted by molar-refractivity contribution is -0.153. The standard InChI is InChI=1S/C15H29NO5/c1-8-11(3)12(13(17)20-9-2)16(10-19-7)14(18)21-15(4,5)6/h11-12H,8-10H2,1-7H3/t11-,12+/m1/s1. The molecule has 0 aliphatic carbocycles. The quantitative estimate of drug-likeness (QED) is 0.534. The first-order valence-corrected chi connectivity index (χ1v) is 7.33. The Morgan fingerprint density at radius 1 is 1.19 bits per heavy atom. The molecule has 6 nitrogen and oxygen atoms in total. The largest absolute Gasteiger partial charge is 0.464 e. The SMILES string of the molecule is CCOC(=O)[C@H]([C@H](C)CC)N(COC)C(=O)OC(C)(C)C. The Kier molecular flexibility index (Phi) is 8.32. The fraction of sp³-hybridized carbons (Fsp3) is 0.867. The summed E-state index contributed by atoms with van der Waals surface area (Å²) in [5, 5.41) is 0. The van der Waals surface area contributed by atoms with E-state index in [9.17, 15) is 9.59 Å². The van der Waals surface area contributed by atoms with Gasteiger partial charge in [0.05, 0.1) is 6.61 Å².